The summed E-state index contributed by atoms with van der Waals surface area (Å²) in [7, 11) is 0. The maximum Gasteiger partial charge on any atom is 0.211 e. The Balaban J connectivity index is 1.69. The molecule has 0 atom stereocenters. The average Bonchev–Trinajstić information content (AvgIpc) is 2.99. The van der Waals surface area contributed by atoms with Gasteiger partial charge in [0.1, 0.15) is 5.84 Å². The number of hydrogen-bond donors (Lipinski definition) is 1. The maximum absolute atomic E-state index is 5.62. The highest BCUT2D eigenvalue weighted by atomic mass is 32.2. The summed E-state index contributed by atoms with van der Waals surface area (Å²) in [5.74, 6) is 1.30. The molecule has 2 N–H and O–H groups in total. The van der Waals surface area contributed by atoms with E-state index in [1.165, 1.54) is 17.4 Å². The Morgan fingerprint density at radius 2 is 2.00 bits per heavy atom. The highest BCUT2D eigenvalue weighted by molar-refractivity contribution is 8.14. The zero-order valence-electron chi connectivity index (χ0n) is 12.5. The van der Waals surface area contributed by atoms with E-state index in [9.17, 15) is 0 Å². The monoisotopic (exact) mass is 317 g/mol. The van der Waals surface area contributed by atoms with Gasteiger partial charge < -0.3 is 15.4 Å². The molecule has 0 aromatic heterocycles. The van der Waals surface area contributed by atoms with Gasteiger partial charge in [0.15, 0.2) is 0 Å². The molecule has 1 aromatic rings. The quantitative estimate of drug-likeness (QED) is 0.680. The first-order chi connectivity index (χ1) is 10.7. The third-order valence-corrected chi connectivity index (χ3v) is 4.41. The highest BCUT2D eigenvalue weighted by Crippen LogP contribution is 2.17. The first kappa shape index (κ1) is 15.1. The van der Waals surface area contributed by atoms with Crippen molar-refractivity contribution < 1.29 is 4.74 Å². The van der Waals surface area contributed by atoms with E-state index in [1.54, 1.807) is 0 Å². The van der Waals surface area contributed by atoms with Crippen LogP contribution in [0.1, 0.15) is 12.5 Å². The second-order valence-corrected chi connectivity index (χ2v) is 6.05. The van der Waals surface area contributed by atoms with Crippen molar-refractivity contribution in [2.75, 3.05) is 37.0 Å². The standard InChI is InChI=1S/C15H19N5OS/c1-11(18-19-15-17-14(16)10-22-15)12-2-4-13(5-3-12)20-6-8-21-9-7-20/h2-5H,6-10H2,1H3,(H2,16,17,19)/b18-11+. The van der Waals surface area contributed by atoms with Crippen LogP contribution in [0.4, 0.5) is 5.69 Å². The lowest BCUT2D eigenvalue weighted by Crippen LogP contribution is -2.36. The van der Waals surface area contributed by atoms with Gasteiger partial charge in [0.05, 0.1) is 24.7 Å². The molecule has 0 spiro atoms. The lowest BCUT2D eigenvalue weighted by atomic mass is 10.1. The van der Waals surface area contributed by atoms with E-state index in [-0.39, 0.29) is 0 Å². The van der Waals surface area contributed by atoms with Crippen LogP contribution in [0.5, 0.6) is 0 Å². The van der Waals surface area contributed by atoms with Gasteiger partial charge in [-0.25, -0.2) is 4.99 Å². The maximum atomic E-state index is 5.62. The molecule has 0 aliphatic carbocycles. The molecule has 1 saturated heterocycles. The Labute approximate surface area is 134 Å². The summed E-state index contributed by atoms with van der Waals surface area (Å²) in [5, 5.41) is 9.00. The summed E-state index contributed by atoms with van der Waals surface area (Å²) >= 11 is 1.50. The van der Waals surface area contributed by atoms with Gasteiger partial charge >= 0.3 is 0 Å². The fourth-order valence-electron chi connectivity index (χ4n) is 2.29. The van der Waals surface area contributed by atoms with E-state index in [0.717, 1.165) is 37.6 Å². The number of aliphatic imine (C=N–C) groups is 1. The first-order valence-corrected chi connectivity index (χ1v) is 8.22. The van der Waals surface area contributed by atoms with Crippen molar-refractivity contribution in [2.45, 2.75) is 6.92 Å². The molecular weight excluding hydrogens is 298 g/mol. The number of ether oxygens (including phenoxy) is 1. The van der Waals surface area contributed by atoms with Gasteiger partial charge in [-0.15, -0.1) is 5.10 Å². The second-order valence-electron chi connectivity index (χ2n) is 5.11. The summed E-state index contributed by atoms with van der Waals surface area (Å²) < 4.78 is 5.37. The van der Waals surface area contributed by atoms with Crippen molar-refractivity contribution in [1.29, 1.82) is 0 Å². The Morgan fingerprint density at radius 1 is 1.27 bits per heavy atom. The molecule has 0 radical (unpaired) electrons. The first-order valence-electron chi connectivity index (χ1n) is 7.23. The zero-order chi connectivity index (χ0) is 15.4. The summed E-state index contributed by atoms with van der Waals surface area (Å²) in [6, 6.07) is 8.38. The molecule has 3 rings (SSSR count). The zero-order valence-corrected chi connectivity index (χ0v) is 13.3. The van der Waals surface area contributed by atoms with Crippen LogP contribution < -0.4 is 10.6 Å². The SMILES string of the molecule is C/C(=N\N=C1/N=C(N)CS1)c1ccc(N2CCOCC2)cc1. The Hall–Kier alpha value is -1.86. The number of nitrogens with zero attached hydrogens (tertiary/aromatic N) is 4. The van der Waals surface area contributed by atoms with E-state index in [2.05, 4.69) is 44.4 Å². The third-order valence-electron chi connectivity index (χ3n) is 3.54. The van der Waals surface area contributed by atoms with Crippen molar-refractivity contribution in [3.8, 4) is 0 Å². The average molecular weight is 317 g/mol. The number of morpholine rings is 1. The van der Waals surface area contributed by atoms with Crippen LogP contribution >= 0.6 is 11.8 Å². The van der Waals surface area contributed by atoms with Crippen molar-refractivity contribution in [3.05, 3.63) is 29.8 Å². The topological polar surface area (TPSA) is 75.6 Å². The lowest BCUT2D eigenvalue weighted by molar-refractivity contribution is 0.122. The van der Waals surface area contributed by atoms with Crippen molar-refractivity contribution in [3.63, 3.8) is 0 Å². The van der Waals surface area contributed by atoms with Crippen LogP contribution in [0.15, 0.2) is 39.5 Å². The molecule has 2 aliphatic rings. The highest BCUT2D eigenvalue weighted by Gasteiger charge is 2.11. The molecule has 0 amide bonds. The normalized spacial score (nSPS) is 21.3. The molecule has 0 bridgehead atoms. The van der Waals surface area contributed by atoms with Gasteiger partial charge in [-0.05, 0) is 24.6 Å². The summed E-state index contributed by atoms with van der Waals surface area (Å²) in [6.07, 6.45) is 0. The molecule has 6 nitrogen and oxygen atoms in total. The fraction of sp³-hybridized carbons (Fsp3) is 0.400. The van der Waals surface area contributed by atoms with Crippen LogP contribution in [0.25, 0.3) is 0 Å². The Bertz CT molecular complexity index is 617. The molecule has 0 unspecified atom stereocenters. The number of amidine groups is 2. The summed E-state index contributed by atoms with van der Waals surface area (Å²) in [5.41, 5.74) is 8.75. The van der Waals surface area contributed by atoms with Crippen molar-refractivity contribution in [2.24, 2.45) is 20.9 Å². The van der Waals surface area contributed by atoms with Crippen molar-refractivity contribution >= 4 is 34.2 Å². The molecule has 22 heavy (non-hydrogen) atoms. The van der Waals surface area contributed by atoms with Gasteiger partial charge in [0.25, 0.3) is 0 Å². The Morgan fingerprint density at radius 3 is 2.64 bits per heavy atom. The van der Waals surface area contributed by atoms with E-state index in [0.29, 0.717) is 16.8 Å². The number of anilines is 1. The molecular formula is C15H19N5OS. The Kier molecular flexibility index (Phi) is 4.74. The largest absolute Gasteiger partial charge is 0.386 e. The second kappa shape index (κ2) is 6.93. The van der Waals surface area contributed by atoms with Crippen LogP contribution in [-0.4, -0.2) is 48.8 Å². The minimum atomic E-state index is 0.603. The van der Waals surface area contributed by atoms with E-state index >= 15 is 0 Å². The van der Waals surface area contributed by atoms with E-state index < -0.39 is 0 Å². The van der Waals surface area contributed by atoms with Crippen molar-refractivity contribution in [1.82, 2.24) is 0 Å². The molecule has 1 aromatic carbocycles. The molecule has 0 saturated carbocycles. The third kappa shape index (κ3) is 3.66. The van der Waals surface area contributed by atoms with E-state index in [4.69, 9.17) is 10.5 Å². The predicted octanol–water partition coefficient (Wildman–Crippen LogP) is 1.71. The number of benzene rings is 1. The predicted molar refractivity (Wildman–Crippen MR) is 93.2 cm³/mol. The summed E-state index contributed by atoms with van der Waals surface area (Å²) in [6.45, 7) is 5.41. The lowest BCUT2D eigenvalue weighted by Gasteiger charge is -2.28. The van der Waals surface area contributed by atoms with Crippen LogP contribution in [-0.2, 0) is 4.74 Å². The van der Waals surface area contributed by atoms with Crippen LogP contribution in [0.3, 0.4) is 0 Å². The van der Waals surface area contributed by atoms with Gasteiger partial charge in [0, 0.05) is 18.8 Å². The number of hydrogen-bond acceptors (Lipinski definition) is 6. The minimum absolute atomic E-state index is 0.603. The van der Waals surface area contributed by atoms with Gasteiger partial charge in [-0.3, -0.25) is 0 Å². The molecule has 2 aliphatic heterocycles. The number of thioether (sulfide) groups is 1. The van der Waals surface area contributed by atoms with Crippen LogP contribution in [0.2, 0.25) is 0 Å². The van der Waals surface area contributed by atoms with Gasteiger partial charge in [0.2, 0.25) is 5.17 Å². The minimum Gasteiger partial charge on any atom is -0.386 e. The number of nitrogens with two attached hydrogens (primary N) is 1. The van der Waals surface area contributed by atoms with E-state index in [1.807, 2.05) is 6.92 Å². The van der Waals surface area contributed by atoms with Crippen LogP contribution in [0, 0.1) is 0 Å². The molecule has 7 heteroatoms. The molecule has 116 valence electrons. The molecule has 2 heterocycles. The summed E-state index contributed by atoms with van der Waals surface area (Å²) in [4.78, 5) is 6.44. The van der Waals surface area contributed by atoms with Gasteiger partial charge in [-0.2, -0.15) is 5.10 Å². The smallest absolute Gasteiger partial charge is 0.211 e. The fourth-order valence-corrected chi connectivity index (χ4v) is 2.91. The molecule has 1 fully saturated rings. The number of rotatable bonds is 3. The van der Waals surface area contributed by atoms with Gasteiger partial charge in [-0.1, -0.05) is 23.9 Å².